The summed E-state index contributed by atoms with van der Waals surface area (Å²) >= 11 is 2.43. The Bertz CT molecular complexity index is 1520. The number of carbonyl (C=O) groups excluding carboxylic acids is 2. The van der Waals surface area contributed by atoms with Gasteiger partial charge in [0.2, 0.25) is 5.12 Å². The molecule has 2 N–H and O–H groups in total. The maximum Gasteiger partial charge on any atom is 0.320 e. The van der Waals surface area contributed by atoms with Crippen LogP contribution in [-0.4, -0.2) is 99.3 Å². The number of thioether (sulfide) groups is 1. The molecule has 5 rings (SSSR count). The van der Waals surface area contributed by atoms with Crippen LogP contribution in [0.2, 0.25) is 0 Å². The Kier molecular flexibility index (Phi) is 8.41. The third-order valence-electron chi connectivity index (χ3n) is 7.71. The summed E-state index contributed by atoms with van der Waals surface area (Å²) in [5, 5.41) is 15.1. The van der Waals surface area contributed by atoms with Crippen LogP contribution in [0.1, 0.15) is 36.0 Å². The van der Waals surface area contributed by atoms with Gasteiger partial charge in [-0.1, -0.05) is 29.8 Å². The predicted molar refractivity (Wildman–Crippen MR) is 160 cm³/mol. The largest absolute Gasteiger partial charge is 0.481 e. The SMILES string of the molecule is C#Cc1c(F)cccc1[C@@H]1N=C(c2nccs2)NC(CN2CCN3C(=O)N(CC(C)(C)C(=O)O)C[C@@H]3C2)=C1C(=O)SC. The summed E-state index contributed by atoms with van der Waals surface area (Å²) in [5.41, 5.74) is 0.418. The van der Waals surface area contributed by atoms with Crippen LogP contribution in [-0.2, 0) is 9.59 Å². The molecule has 0 saturated carbocycles. The van der Waals surface area contributed by atoms with Gasteiger partial charge in [0.1, 0.15) is 11.9 Å². The number of aromatic nitrogens is 1. The van der Waals surface area contributed by atoms with Gasteiger partial charge in [-0.05, 0) is 31.7 Å². The minimum atomic E-state index is -1.07. The number of piperazine rings is 1. The lowest BCUT2D eigenvalue weighted by atomic mass is 9.92. The van der Waals surface area contributed by atoms with Crippen molar-refractivity contribution in [3.05, 3.63) is 63.0 Å². The molecule has 2 fully saturated rings. The van der Waals surface area contributed by atoms with Crippen molar-refractivity contribution in [1.29, 1.82) is 0 Å². The number of thiazole rings is 1. The zero-order chi connectivity index (χ0) is 30.2. The second kappa shape index (κ2) is 11.9. The van der Waals surface area contributed by atoms with E-state index in [1.807, 2.05) is 5.38 Å². The van der Waals surface area contributed by atoms with E-state index in [1.165, 1.54) is 17.4 Å². The third kappa shape index (κ3) is 5.66. The molecule has 0 radical (unpaired) electrons. The Morgan fingerprint density at radius 3 is 2.76 bits per heavy atom. The number of aliphatic carboxylic acids is 1. The highest BCUT2D eigenvalue weighted by atomic mass is 32.2. The molecule has 0 unspecified atom stereocenters. The summed E-state index contributed by atoms with van der Waals surface area (Å²) in [6, 6.07) is 3.41. The fourth-order valence-electron chi connectivity index (χ4n) is 5.55. The first-order valence-corrected chi connectivity index (χ1v) is 15.5. The summed E-state index contributed by atoms with van der Waals surface area (Å²) in [6.07, 6.45) is 9.05. The monoisotopic (exact) mass is 610 g/mol. The third-order valence-corrected chi connectivity index (χ3v) is 9.08. The first kappa shape index (κ1) is 29.8. The van der Waals surface area contributed by atoms with Crippen molar-refractivity contribution in [3.63, 3.8) is 0 Å². The number of carbonyl (C=O) groups is 3. The molecule has 2 saturated heterocycles. The van der Waals surface area contributed by atoms with E-state index in [1.54, 1.807) is 48.2 Å². The molecule has 2 aromatic rings. The number of terminal acetylenes is 1. The predicted octanol–water partition coefficient (Wildman–Crippen LogP) is 3.03. The van der Waals surface area contributed by atoms with Crippen molar-refractivity contribution in [2.45, 2.75) is 25.9 Å². The van der Waals surface area contributed by atoms with Gasteiger partial charge in [-0.3, -0.25) is 19.5 Å². The Morgan fingerprint density at radius 1 is 1.31 bits per heavy atom. The van der Waals surface area contributed by atoms with Crippen LogP contribution in [0.3, 0.4) is 0 Å². The van der Waals surface area contributed by atoms with Crippen LogP contribution in [0.25, 0.3) is 0 Å². The number of halogens is 1. The standard InChI is InChI=1S/C29H31FN6O4S2/c1-5-18-19(7-6-8-20(18)30)23-22(26(37)41-4)21(32-24(33-23)25-31-9-12-42-25)15-34-10-11-36-17(13-34)14-35(28(36)40)16-29(2,3)27(38)39/h1,6-9,12,17,23H,10-11,13-16H2,2-4H3,(H,32,33)(H,38,39)/t17-,23-/m0/s1. The van der Waals surface area contributed by atoms with Gasteiger partial charge in [0.05, 0.1) is 22.6 Å². The number of rotatable bonds is 8. The Hall–Kier alpha value is -3.73. The highest BCUT2D eigenvalue weighted by Gasteiger charge is 2.44. The molecule has 0 bridgehead atoms. The number of amides is 2. The molecule has 3 aliphatic rings. The van der Waals surface area contributed by atoms with E-state index in [2.05, 4.69) is 21.1 Å². The van der Waals surface area contributed by atoms with E-state index in [0.717, 1.165) is 11.8 Å². The van der Waals surface area contributed by atoms with Crippen molar-refractivity contribution in [2.24, 2.45) is 10.4 Å². The topological polar surface area (TPSA) is 118 Å². The van der Waals surface area contributed by atoms with E-state index in [0.29, 0.717) is 60.4 Å². The number of urea groups is 1. The van der Waals surface area contributed by atoms with Gasteiger partial charge in [-0.2, -0.15) is 0 Å². The molecule has 1 aromatic heterocycles. The van der Waals surface area contributed by atoms with E-state index >= 15 is 0 Å². The smallest absolute Gasteiger partial charge is 0.320 e. The number of aliphatic imine (C=N–C) groups is 1. The summed E-state index contributed by atoms with van der Waals surface area (Å²) in [5.74, 6) is 1.38. The van der Waals surface area contributed by atoms with Crippen molar-refractivity contribution in [1.82, 2.24) is 25.0 Å². The fraction of sp³-hybridized carbons (Fsp3) is 0.414. The maximum atomic E-state index is 14.8. The highest BCUT2D eigenvalue weighted by molar-refractivity contribution is 8.13. The number of nitrogens with one attached hydrogen (secondary N) is 1. The molecule has 13 heteroatoms. The quantitative estimate of drug-likeness (QED) is 0.438. The van der Waals surface area contributed by atoms with Crippen LogP contribution in [0.15, 0.2) is 46.0 Å². The molecule has 42 heavy (non-hydrogen) atoms. The van der Waals surface area contributed by atoms with E-state index in [9.17, 15) is 23.9 Å². The Labute approximate surface area is 251 Å². The van der Waals surface area contributed by atoms with Crippen molar-refractivity contribution < 1.29 is 23.9 Å². The van der Waals surface area contributed by atoms with Gasteiger partial charge in [0, 0.05) is 56.5 Å². The van der Waals surface area contributed by atoms with Crippen molar-refractivity contribution >= 4 is 46.0 Å². The maximum absolute atomic E-state index is 14.8. The zero-order valence-electron chi connectivity index (χ0n) is 23.5. The summed E-state index contributed by atoms with van der Waals surface area (Å²) in [7, 11) is 0. The second-order valence-corrected chi connectivity index (χ2v) is 12.7. The normalized spacial score (nSPS) is 21.1. The van der Waals surface area contributed by atoms with Gasteiger partial charge in [-0.25, -0.2) is 14.2 Å². The van der Waals surface area contributed by atoms with E-state index in [-0.39, 0.29) is 29.3 Å². The number of hydrogen-bond acceptors (Lipinski definition) is 9. The van der Waals surface area contributed by atoms with Crippen LogP contribution in [0.4, 0.5) is 9.18 Å². The molecule has 4 heterocycles. The van der Waals surface area contributed by atoms with Crippen LogP contribution >= 0.6 is 23.1 Å². The second-order valence-electron chi connectivity index (χ2n) is 11.0. The first-order valence-electron chi connectivity index (χ1n) is 13.4. The molecule has 1 aromatic carbocycles. The zero-order valence-corrected chi connectivity index (χ0v) is 25.1. The Balaban J connectivity index is 1.46. The summed E-state index contributed by atoms with van der Waals surface area (Å²) in [4.78, 5) is 53.0. The number of fused-ring (bicyclic) bond motifs is 1. The molecule has 2 amide bonds. The number of nitrogens with zero attached hydrogens (tertiary/aromatic N) is 5. The van der Waals surface area contributed by atoms with Gasteiger partial charge in [0.15, 0.2) is 10.8 Å². The molecule has 220 valence electrons. The van der Waals surface area contributed by atoms with E-state index in [4.69, 9.17) is 11.4 Å². The first-order chi connectivity index (χ1) is 20.0. The molecular formula is C29H31FN6O4S2. The van der Waals surface area contributed by atoms with Crippen LogP contribution in [0.5, 0.6) is 0 Å². The number of benzene rings is 1. The van der Waals surface area contributed by atoms with Gasteiger partial charge < -0.3 is 20.2 Å². The van der Waals surface area contributed by atoms with E-state index < -0.39 is 23.2 Å². The fourth-order valence-corrected chi connectivity index (χ4v) is 6.59. The van der Waals surface area contributed by atoms with Crippen molar-refractivity contribution in [3.8, 4) is 12.3 Å². The van der Waals surface area contributed by atoms with Gasteiger partial charge in [0.25, 0.3) is 0 Å². The average Bonchev–Trinajstić information content (AvgIpc) is 3.60. The minimum absolute atomic E-state index is 0.0554. The highest BCUT2D eigenvalue weighted by Crippen LogP contribution is 2.37. The number of carboxylic acids is 1. The van der Waals surface area contributed by atoms with Crippen LogP contribution < -0.4 is 5.32 Å². The molecule has 0 spiro atoms. The molecule has 2 atom stereocenters. The Morgan fingerprint density at radius 2 is 2.10 bits per heavy atom. The van der Waals surface area contributed by atoms with Crippen molar-refractivity contribution in [2.75, 3.05) is 45.5 Å². The lowest BCUT2D eigenvalue weighted by molar-refractivity contribution is -0.147. The molecule has 3 aliphatic heterocycles. The lowest BCUT2D eigenvalue weighted by Gasteiger charge is -2.38. The number of hydrogen-bond donors (Lipinski definition) is 2. The summed E-state index contributed by atoms with van der Waals surface area (Å²) < 4.78 is 14.8. The number of carboxylic acid groups (broad SMARTS) is 1. The van der Waals surface area contributed by atoms with Crippen LogP contribution in [0, 0.1) is 23.6 Å². The molecular weight excluding hydrogens is 579 g/mol. The summed E-state index contributed by atoms with van der Waals surface area (Å²) in [6.45, 7) is 5.66. The van der Waals surface area contributed by atoms with Gasteiger partial charge in [-0.15, -0.1) is 17.8 Å². The molecule has 0 aliphatic carbocycles. The molecule has 10 nitrogen and oxygen atoms in total. The number of amidine groups is 1. The van der Waals surface area contributed by atoms with Gasteiger partial charge >= 0.3 is 12.0 Å². The average molecular weight is 611 g/mol. The minimum Gasteiger partial charge on any atom is -0.481 e. The lowest BCUT2D eigenvalue weighted by Crippen LogP contribution is -2.53.